The smallest absolute Gasteiger partial charge is 0.406 e. The van der Waals surface area contributed by atoms with Crippen LogP contribution in [0, 0.1) is 0 Å². The zero-order valence-corrected chi connectivity index (χ0v) is 23.5. The summed E-state index contributed by atoms with van der Waals surface area (Å²) in [5, 5.41) is 2.02. The third-order valence-corrected chi connectivity index (χ3v) is 6.66. The maximum absolute atomic E-state index is 12.6. The minimum Gasteiger partial charge on any atom is -0.406 e. The Morgan fingerprint density at radius 3 is 1.83 bits per heavy atom. The topological polar surface area (TPSA) is 59.1 Å². The van der Waals surface area contributed by atoms with Gasteiger partial charge in [-0.15, -0.1) is 11.8 Å². The number of hydrogen-bond acceptors (Lipinski definition) is 5. The molecule has 0 bridgehead atoms. The van der Waals surface area contributed by atoms with E-state index in [-0.39, 0.29) is 16.9 Å². The molecule has 36 heavy (non-hydrogen) atoms. The molecule has 0 fully saturated rings. The fraction of sp³-hybridized carbons (Fsp3) is 0.448. The van der Waals surface area contributed by atoms with Gasteiger partial charge >= 0.3 is 12.2 Å². The summed E-state index contributed by atoms with van der Waals surface area (Å²) in [7, 11) is 0. The summed E-state index contributed by atoms with van der Waals surface area (Å²) in [6.45, 7) is 16.3. The molecule has 7 heteroatoms. The molecule has 0 spiro atoms. The van der Waals surface area contributed by atoms with Crippen molar-refractivity contribution >= 4 is 30.0 Å². The highest BCUT2D eigenvalue weighted by molar-refractivity contribution is 8.01. The van der Waals surface area contributed by atoms with E-state index in [1.807, 2.05) is 45.2 Å². The van der Waals surface area contributed by atoms with Gasteiger partial charge in [-0.05, 0) is 73.4 Å². The van der Waals surface area contributed by atoms with E-state index in [4.69, 9.17) is 9.47 Å². The molecule has 0 heterocycles. The highest BCUT2D eigenvalue weighted by atomic mass is 32.2. The first-order chi connectivity index (χ1) is 17.1. The molecular formula is C29H40N2O4S. The van der Waals surface area contributed by atoms with Crippen LogP contribution in [0.25, 0.3) is 6.08 Å². The minimum atomic E-state index is -0.477. The first-order valence-electron chi connectivity index (χ1n) is 12.6. The molecule has 2 aromatic rings. The molecule has 196 valence electrons. The van der Waals surface area contributed by atoms with E-state index >= 15 is 0 Å². The van der Waals surface area contributed by atoms with Crippen molar-refractivity contribution in [2.75, 3.05) is 26.2 Å². The molecule has 0 saturated heterocycles. The largest absolute Gasteiger partial charge is 0.415 e. The van der Waals surface area contributed by atoms with Crippen LogP contribution in [0.3, 0.4) is 0 Å². The van der Waals surface area contributed by atoms with Crippen LogP contribution in [0.4, 0.5) is 9.59 Å². The summed E-state index contributed by atoms with van der Waals surface area (Å²) in [5.74, 6) is 1.29. The number of thioether (sulfide) groups is 1. The average Bonchev–Trinajstić information content (AvgIpc) is 2.84. The second-order valence-corrected chi connectivity index (χ2v) is 10.2. The lowest BCUT2D eigenvalue weighted by molar-refractivity contribution is 0.146. The van der Waals surface area contributed by atoms with E-state index in [0.29, 0.717) is 26.2 Å². The Labute approximate surface area is 220 Å². The normalized spacial score (nSPS) is 11.4. The summed E-state index contributed by atoms with van der Waals surface area (Å²) in [4.78, 5) is 28.2. The number of ether oxygens (including phenoxy) is 2. The fourth-order valence-electron chi connectivity index (χ4n) is 3.45. The van der Waals surface area contributed by atoms with Crippen LogP contribution in [0.15, 0.2) is 47.9 Å². The molecule has 2 rings (SSSR count). The quantitative estimate of drug-likeness (QED) is 0.329. The number of nitrogens with zero attached hydrogens (tertiary/aromatic N) is 2. The van der Waals surface area contributed by atoms with Crippen LogP contribution in [0.2, 0.25) is 0 Å². The van der Waals surface area contributed by atoms with Crippen LogP contribution in [0.1, 0.15) is 65.2 Å². The van der Waals surface area contributed by atoms with E-state index < -0.39 is 12.2 Å². The van der Waals surface area contributed by atoms with Gasteiger partial charge in [0.1, 0.15) is 0 Å². The second-order valence-electron chi connectivity index (χ2n) is 9.35. The summed E-state index contributed by atoms with van der Waals surface area (Å²) in [6.07, 6.45) is 1.00. The molecule has 2 aromatic carbocycles. The Hall–Kier alpha value is -2.93. The van der Waals surface area contributed by atoms with Gasteiger partial charge in [0.05, 0.1) is 0 Å². The monoisotopic (exact) mass is 512 g/mol. The number of hydrogen-bond donors (Lipinski definition) is 0. The number of carbonyl (C=O) groups is 2. The Morgan fingerprint density at radius 1 is 0.806 bits per heavy atom. The van der Waals surface area contributed by atoms with Gasteiger partial charge < -0.3 is 19.3 Å². The highest BCUT2D eigenvalue weighted by Gasteiger charge is 2.19. The van der Waals surface area contributed by atoms with Gasteiger partial charge in [-0.25, -0.2) is 9.59 Å². The Kier molecular flexibility index (Phi) is 11.4. The maximum atomic E-state index is 12.6. The first kappa shape index (κ1) is 29.3. The number of amides is 2. The van der Waals surface area contributed by atoms with Gasteiger partial charge in [0.2, 0.25) is 0 Å². The number of rotatable bonds is 10. The van der Waals surface area contributed by atoms with Gasteiger partial charge in [-0.3, -0.25) is 0 Å². The van der Waals surface area contributed by atoms with Crippen molar-refractivity contribution in [3.8, 4) is 11.5 Å². The van der Waals surface area contributed by atoms with Crippen molar-refractivity contribution in [2.45, 2.75) is 59.6 Å². The predicted octanol–water partition coefficient (Wildman–Crippen LogP) is 7.57. The van der Waals surface area contributed by atoms with Crippen molar-refractivity contribution in [2.24, 2.45) is 0 Å². The molecule has 0 aliphatic heterocycles. The molecule has 2 amide bonds. The molecular weight excluding hydrogens is 472 g/mol. The standard InChI is InChI=1S/C29H40N2O4S/c1-8-30(9-2)27(32)34-25-17-14-22(20-26(25)35-28(33)31(10-3)11-4)18-19-36-21-23-12-15-24(16-13-23)29(5,6)7/h12-20H,8-11,21H2,1-7H3/b19-18+. The maximum Gasteiger partial charge on any atom is 0.415 e. The summed E-state index contributed by atoms with van der Waals surface area (Å²) >= 11 is 1.68. The fourth-order valence-corrected chi connectivity index (χ4v) is 4.18. The number of carbonyl (C=O) groups excluding carboxylic acids is 2. The predicted molar refractivity (Wildman–Crippen MR) is 150 cm³/mol. The zero-order valence-electron chi connectivity index (χ0n) is 22.7. The third kappa shape index (κ3) is 8.63. The molecule has 0 aliphatic carbocycles. The Bertz CT molecular complexity index is 1020. The summed E-state index contributed by atoms with van der Waals surface area (Å²) in [6, 6.07) is 14.0. The van der Waals surface area contributed by atoms with Gasteiger partial charge in [0.15, 0.2) is 11.5 Å². The van der Waals surface area contributed by atoms with E-state index in [0.717, 1.165) is 11.3 Å². The van der Waals surface area contributed by atoms with Crippen molar-refractivity contribution < 1.29 is 19.1 Å². The van der Waals surface area contributed by atoms with Crippen LogP contribution in [-0.2, 0) is 11.2 Å². The summed E-state index contributed by atoms with van der Waals surface area (Å²) in [5.41, 5.74) is 3.56. The Balaban J connectivity index is 2.15. The van der Waals surface area contributed by atoms with E-state index in [1.54, 1.807) is 33.7 Å². The van der Waals surface area contributed by atoms with E-state index in [2.05, 4.69) is 45.0 Å². The molecule has 0 N–H and O–H groups in total. The van der Waals surface area contributed by atoms with Gasteiger partial charge in [0, 0.05) is 31.9 Å². The van der Waals surface area contributed by atoms with E-state index in [1.165, 1.54) is 11.1 Å². The van der Waals surface area contributed by atoms with Crippen molar-refractivity contribution in [1.29, 1.82) is 0 Å². The van der Waals surface area contributed by atoms with Gasteiger partial charge in [-0.2, -0.15) is 0 Å². The molecule has 0 saturated carbocycles. The highest BCUT2D eigenvalue weighted by Crippen LogP contribution is 2.31. The lowest BCUT2D eigenvalue weighted by atomic mass is 9.87. The summed E-state index contributed by atoms with van der Waals surface area (Å²) < 4.78 is 11.2. The van der Waals surface area contributed by atoms with Crippen LogP contribution < -0.4 is 9.47 Å². The molecule has 0 unspecified atom stereocenters. The lowest BCUT2D eigenvalue weighted by Crippen LogP contribution is -2.34. The van der Waals surface area contributed by atoms with E-state index in [9.17, 15) is 9.59 Å². The van der Waals surface area contributed by atoms with Crippen molar-refractivity contribution in [1.82, 2.24) is 9.80 Å². The lowest BCUT2D eigenvalue weighted by Gasteiger charge is -2.21. The molecule has 6 nitrogen and oxygen atoms in total. The van der Waals surface area contributed by atoms with Crippen molar-refractivity contribution in [3.05, 3.63) is 64.6 Å². The van der Waals surface area contributed by atoms with Gasteiger partial charge in [0.25, 0.3) is 0 Å². The number of benzene rings is 2. The van der Waals surface area contributed by atoms with Crippen LogP contribution in [-0.4, -0.2) is 48.2 Å². The van der Waals surface area contributed by atoms with Crippen molar-refractivity contribution in [3.63, 3.8) is 0 Å². The minimum absolute atomic E-state index is 0.143. The molecule has 0 radical (unpaired) electrons. The van der Waals surface area contributed by atoms with Gasteiger partial charge in [-0.1, -0.05) is 51.1 Å². The van der Waals surface area contributed by atoms with Crippen LogP contribution in [0.5, 0.6) is 11.5 Å². The molecule has 0 aromatic heterocycles. The average molecular weight is 513 g/mol. The third-order valence-electron chi connectivity index (χ3n) is 5.83. The first-order valence-corrected chi connectivity index (χ1v) is 13.6. The van der Waals surface area contributed by atoms with Crippen LogP contribution >= 0.6 is 11.8 Å². The second kappa shape index (κ2) is 14.0. The Morgan fingerprint density at radius 2 is 1.33 bits per heavy atom. The molecule has 0 atom stereocenters. The molecule has 0 aliphatic rings. The SMILES string of the molecule is CCN(CC)C(=O)Oc1ccc(/C=C/SCc2ccc(C(C)(C)C)cc2)cc1OC(=O)N(CC)CC. The zero-order chi connectivity index (χ0) is 26.7.